The van der Waals surface area contributed by atoms with Crippen molar-refractivity contribution in [3.63, 3.8) is 0 Å². The van der Waals surface area contributed by atoms with Crippen molar-refractivity contribution < 1.29 is 26.3 Å². The lowest BCUT2D eigenvalue weighted by Gasteiger charge is -2.40. The maximum absolute atomic E-state index is 13.0. The number of rotatable bonds is 3. The van der Waals surface area contributed by atoms with Crippen LogP contribution in [-0.2, 0) is 0 Å². The molecule has 0 saturated heterocycles. The third-order valence-electron chi connectivity index (χ3n) is 5.18. The van der Waals surface area contributed by atoms with Gasteiger partial charge in [-0.15, -0.1) is 0 Å². The lowest BCUT2D eigenvalue weighted by atomic mass is 9.71. The van der Waals surface area contributed by atoms with E-state index in [2.05, 4.69) is 0 Å². The second-order valence-electron chi connectivity index (χ2n) is 6.07. The third-order valence-corrected chi connectivity index (χ3v) is 5.18. The van der Waals surface area contributed by atoms with Crippen molar-refractivity contribution in [1.82, 2.24) is 0 Å². The Morgan fingerprint density at radius 2 is 1.47 bits per heavy atom. The fourth-order valence-corrected chi connectivity index (χ4v) is 4.01. The predicted molar refractivity (Wildman–Crippen MR) is 58.4 cm³/mol. The maximum atomic E-state index is 13.0. The first-order valence-corrected chi connectivity index (χ1v) is 6.74. The summed E-state index contributed by atoms with van der Waals surface area (Å²) in [5.41, 5.74) is -3.52. The summed E-state index contributed by atoms with van der Waals surface area (Å²) in [5.74, 6) is 0.00796. The Bertz CT molecular complexity index is 315. The molecular formula is C13H18F6. The van der Waals surface area contributed by atoms with Crippen LogP contribution < -0.4 is 0 Å². The van der Waals surface area contributed by atoms with Crippen LogP contribution in [0.3, 0.4) is 0 Å². The normalized spacial score (nSPS) is 32.1. The van der Waals surface area contributed by atoms with E-state index in [0.29, 0.717) is 12.3 Å². The Labute approximate surface area is 108 Å². The van der Waals surface area contributed by atoms with Crippen molar-refractivity contribution in [1.29, 1.82) is 0 Å². The Morgan fingerprint density at radius 1 is 0.895 bits per heavy atom. The van der Waals surface area contributed by atoms with Gasteiger partial charge in [-0.2, -0.15) is 26.3 Å². The maximum Gasteiger partial charge on any atom is 0.403 e. The lowest BCUT2D eigenvalue weighted by Crippen LogP contribution is -2.51. The van der Waals surface area contributed by atoms with E-state index in [1.807, 2.05) is 0 Å². The van der Waals surface area contributed by atoms with Gasteiger partial charge in [0, 0.05) is 0 Å². The summed E-state index contributed by atoms with van der Waals surface area (Å²) >= 11 is 0. The van der Waals surface area contributed by atoms with Crippen molar-refractivity contribution in [2.24, 2.45) is 23.2 Å². The van der Waals surface area contributed by atoms with Crippen molar-refractivity contribution in [3.05, 3.63) is 0 Å². The molecule has 3 atom stereocenters. The predicted octanol–water partition coefficient (Wildman–Crippen LogP) is 5.33. The minimum Gasteiger partial charge on any atom is -0.170 e. The smallest absolute Gasteiger partial charge is 0.170 e. The number of fused-ring (bicyclic) bond motifs is 2. The molecule has 19 heavy (non-hydrogen) atoms. The molecule has 3 unspecified atom stereocenters. The highest BCUT2D eigenvalue weighted by Crippen LogP contribution is 2.60. The Balaban J connectivity index is 2.23. The van der Waals surface area contributed by atoms with Gasteiger partial charge in [0.1, 0.15) is 0 Å². The van der Waals surface area contributed by atoms with Gasteiger partial charge in [-0.1, -0.05) is 13.3 Å². The van der Waals surface area contributed by atoms with Gasteiger partial charge in [0.05, 0.1) is 0 Å². The van der Waals surface area contributed by atoms with Crippen molar-refractivity contribution in [2.75, 3.05) is 0 Å². The third kappa shape index (κ3) is 2.35. The van der Waals surface area contributed by atoms with Gasteiger partial charge in [0.15, 0.2) is 5.41 Å². The second kappa shape index (κ2) is 4.55. The Morgan fingerprint density at radius 3 is 1.79 bits per heavy atom. The van der Waals surface area contributed by atoms with Crippen molar-refractivity contribution >= 4 is 0 Å². The first-order chi connectivity index (χ1) is 8.61. The van der Waals surface area contributed by atoms with Gasteiger partial charge in [0.25, 0.3) is 0 Å². The number of hydrogen-bond donors (Lipinski definition) is 0. The van der Waals surface area contributed by atoms with Crippen LogP contribution in [0.5, 0.6) is 0 Å². The SMILES string of the molecule is CCC(CC1CC2CCC1C2)(C(F)(F)F)C(F)(F)F. The zero-order chi connectivity index (χ0) is 14.5. The first-order valence-electron chi connectivity index (χ1n) is 6.74. The summed E-state index contributed by atoms with van der Waals surface area (Å²) in [6.45, 7) is 0.994. The topological polar surface area (TPSA) is 0 Å². The van der Waals surface area contributed by atoms with Crippen LogP contribution in [0, 0.1) is 23.2 Å². The van der Waals surface area contributed by atoms with Crippen molar-refractivity contribution in [3.8, 4) is 0 Å². The molecule has 0 aromatic rings. The van der Waals surface area contributed by atoms with Crippen LogP contribution in [-0.4, -0.2) is 12.4 Å². The average Bonchev–Trinajstić information content (AvgIpc) is 2.83. The standard InChI is InChI=1S/C13H18F6/c1-2-11(12(14,15)16,13(17,18)19)7-10-6-8-3-4-9(10)5-8/h8-10H,2-7H2,1H3. The van der Waals surface area contributed by atoms with E-state index in [-0.39, 0.29) is 5.92 Å². The molecule has 0 amide bonds. The van der Waals surface area contributed by atoms with Gasteiger partial charge < -0.3 is 0 Å². The quantitative estimate of drug-likeness (QED) is 0.615. The minimum atomic E-state index is -5.22. The molecule has 2 saturated carbocycles. The zero-order valence-electron chi connectivity index (χ0n) is 10.7. The summed E-state index contributed by atoms with van der Waals surface area (Å²) in [6.07, 6.45) is -9.02. The molecule has 2 rings (SSSR count). The van der Waals surface area contributed by atoms with Crippen LogP contribution in [0.1, 0.15) is 45.4 Å². The summed E-state index contributed by atoms with van der Waals surface area (Å²) in [6, 6.07) is 0. The van der Waals surface area contributed by atoms with E-state index in [0.717, 1.165) is 26.2 Å². The van der Waals surface area contributed by atoms with Gasteiger partial charge in [-0.05, 0) is 49.9 Å². The molecule has 0 aromatic heterocycles. The van der Waals surface area contributed by atoms with E-state index in [9.17, 15) is 26.3 Å². The lowest BCUT2D eigenvalue weighted by molar-refractivity contribution is -0.348. The van der Waals surface area contributed by atoms with E-state index >= 15 is 0 Å². The molecule has 2 aliphatic rings. The molecule has 2 aliphatic carbocycles. The van der Waals surface area contributed by atoms with E-state index in [1.54, 1.807) is 0 Å². The van der Waals surface area contributed by atoms with Crippen molar-refractivity contribution in [2.45, 2.75) is 57.8 Å². The van der Waals surface area contributed by atoms with Gasteiger partial charge >= 0.3 is 12.4 Å². The Hall–Kier alpha value is -0.420. The van der Waals surface area contributed by atoms with Crippen LogP contribution in [0.25, 0.3) is 0 Å². The summed E-state index contributed by atoms with van der Waals surface area (Å²) in [7, 11) is 0. The molecule has 0 aromatic carbocycles. The number of hydrogen-bond acceptors (Lipinski definition) is 0. The van der Waals surface area contributed by atoms with Crippen LogP contribution in [0.2, 0.25) is 0 Å². The molecule has 112 valence electrons. The molecule has 6 heteroatoms. The molecule has 0 N–H and O–H groups in total. The monoisotopic (exact) mass is 288 g/mol. The highest BCUT2D eigenvalue weighted by atomic mass is 19.4. The fourth-order valence-electron chi connectivity index (χ4n) is 4.01. The molecule has 2 bridgehead atoms. The van der Waals surface area contributed by atoms with E-state index in [4.69, 9.17) is 0 Å². The zero-order valence-corrected chi connectivity index (χ0v) is 10.7. The summed E-state index contributed by atoms with van der Waals surface area (Å²) in [4.78, 5) is 0. The van der Waals surface area contributed by atoms with Gasteiger partial charge in [-0.25, -0.2) is 0 Å². The largest absolute Gasteiger partial charge is 0.403 e. The Kier molecular flexibility index (Phi) is 3.59. The molecule has 0 nitrogen and oxygen atoms in total. The van der Waals surface area contributed by atoms with Gasteiger partial charge in [0.2, 0.25) is 0 Å². The first kappa shape index (κ1) is 15.0. The van der Waals surface area contributed by atoms with Crippen LogP contribution >= 0.6 is 0 Å². The van der Waals surface area contributed by atoms with E-state index in [1.165, 1.54) is 0 Å². The second-order valence-corrected chi connectivity index (χ2v) is 6.07. The molecule has 2 fully saturated rings. The molecule has 0 aliphatic heterocycles. The number of alkyl halides is 6. The molecule has 0 heterocycles. The fraction of sp³-hybridized carbons (Fsp3) is 1.00. The summed E-state index contributed by atoms with van der Waals surface area (Å²) < 4.78 is 78.3. The van der Waals surface area contributed by atoms with Gasteiger partial charge in [-0.3, -0.25) is 0 Å². The van der Waals surface area contributed by atoms with Crippen LogP contribution in [0.15, 0.2) is 0 Å². The molecule has 0 radical (unpaired) electrons. The minimum absolute atomic E-state index is 0.0700. The average molecular weight is 288 g/mol. The van der Waals surface area contributed by atoms with Crippen LogP contribution in [0.4, 0.5) is 26.3 Å². The highest BCUT2D eigenvalue weighted by Gasteiger charge is 2.70. The van der Waals surface area contributed by atoms with E-state index < -0.39 is 36.5 Å². The number of halogens is 6. The highest BCUT2D eigenvalue weighted by molar-refractivity contribution is 4.99. The summed E-state index contributed by atoms with van der Waals surface area (Å²) in [5, 5.41) is 0. The molecular weight excluding hydrogens is 270 g/mol. The molecule has 0 spiro atoms.